The molecule has 0 saturated heterocycles. The van der Waals surface area contributed by atoms with Gasteiger partial charge in [-0.1, -0.05) is 57.0 Å². The first-order chi connectivity index (χ1) is 9.27. The summed E-state index contributed by atoms with van der Waals surface area (Å²) in [6, 6.07) is 10.0. The molecule has 2 nitrogen and oxygen atoms in total. The number of hydrogen-bond donors (Lipinski definition) is 0. The van der Waals surface area contributed by atoms with Gasteiger partial charge < -0.3 is 4.74 Å². The van der Waals surface area contributed by atoms with Crippen molar-refractivity contribution in [1.29, 1.82) is 0 Å². The second-order valence-corrected chi connectivity index (χ2v) is 5.01. The average Bonchev–Trinajstić information content (AvgIpc) is 2.77. The van der Waals surface area contributed by atoms with E-state index in [2.05, 4.69) is 13.8 Å². The molecule has 0 amide bonds. The molecule has 2 heteroatoms. The summed E-state index contributed by atoms with van der Waals surface area (Å²) in [5, 5.41) is 0. The zero-order valence-corrected chi connectivity index (χ0v) is 11.8. The molecule has 102 valence electrons. The van der Waals surface area contributed by atoms with E-state index in [0.717, 1.165) is 30.4 Å². The maximum atomic E-state index is 12.0. The second-order valence-electron chi connectivity index (χ2n) is 5.01. The van der Waals surface area contributed by atoms with Gasteiger partial charge in [0.1, 0.15) is 6.10 Å². The van der Waals surface area contributed by atoms with E-state index in [1.165, 1.54) is 18.4 Å². The quantitative estimate of drug-likeness (QED) is 0.552. The highest BCUT2D eigenvalue weighted by Crippen LogP contribution is 2.38. The molecule has 0 N–H and O–H groups in total. The summed E-state index contributed by atoms with van der Waals surface area (Å²) >= 11 is 0. The maximum Gasteiger partial charge on any atom is 0.335 e. The van der Waals surface area contributed by atoms with E-state index in [1.54, 1.807) is 0 Å². The van der Waals surface area contributed by atoms with Crippen molar-refractivity contribution in [3.63, 3.8) is 0 Å². The van der Waals surface area contributed by atoms with E-state index in [0.29, 0.717) is 0 Å². The number of benzene rings is 1. The summed E-state index contributed by atoms with van der Waals surface area (Å²) in [7, 11) is 0. The lowest BCUT2D eigenvalue weighted by Gasteiger charge is -2.13. The number of carbonyl (C=O) groups is 1. The van der Waals surface area contributed by atoms with Gasteiger partial charge >= 0.3 is 5.97 Å². The second kappa shape index (κ2) is 6.55. The summed E-state index contributed by atoms with van der Waals surface area (Å²) in [6.45, 7) is 4.28. The molecule has 0 bridgehead atoms. The van der Waals surface area contributed by atoms with Gasteiger partial charge in [-0.2, -0.15) is 0 Å². The van der Waals surface area contributed by atoms with Crippen molar-refractivity contribution in [3.8, 4) is 0 Å². The van der Waals surface area contributed by atoms with E-state index >= 15 is 0 Å². The Labute approximate surface area is 115 Å². The molecule has 19 heavy (non-hydrogen) atoms. The standard InChI is InChI=1S/C17H22O2/c1-3-5-7-12-15-14(4-2)16(19-17(15)18)13-10-8-6-9-11-13/h6,8-11,16H,3-5,7,12H2,1-2H3/t16-/m1/s1. The molecule has 0 unspecified atom stereocenters. The Morgan fingerprint density at radius 2 is 1.84 bits per heavy atom. The lowest BCUT2D eigenvalue weighted by atomic mass is 9.94. The fraction of sp³-hybridized carbons (Fsp3) is 0.471. The fourth-order valence-corrected chi connectivity index (χ4v) is 2.65. The third-order valence-electron chi connectivity index (χ3n) is 3.69. The maximum absolute atomic E-state index is 12.0. The van der Waals surface area contributed by atoms with Gasteiger partial charge in [0, 0.05) is 5.57 Å². The largest absolute Gasteiger partial charge is 0.450 e. The first-order valence-corrected chi connectivity index (χ1v) is 7.25. The lowest BCUT2D eigenvalue weighted by Crippen LogP contribution is -2.03. The number of carbonyl (C=O) groups excluding carboxylic acids is 1. The summed E-state index contributed by atoms with van der Waals surface area (Å²) in [6.07, 6.45) is 5.00. The van der Waals surface area contributed by atoms with Crippen LogP contribution in [0.5, 0.6) is 0 Å². The van der Waals surface area contributed by atoms with Crippen LogP contribution in [0.15, 0.2) is 41.5 Å². The number of rotatable bonds is 6. The number of ether oxygens (including phenoxy) is 1. The van der Waals surface area contributed by atoms with Gasteiger partial charge in [-0.15, -0.1) is 0 Å². The minimum absolute atomic E-state index is 0.109. The molecule has 0 aromatic heterocycles. The zero-order valence-electron chi connectivity index (χ0n) is 11.8. The van der Waals surface area contributed by atoms with E-state index in [-0.39, 0.29) is 12.1 Å². The summed E-state index contributed by atoms with van der Waals surface area (Å²) in [5.74, 6) is -0.109. The first kappa shape index (κ1) is 13.9. The van der Waals surface area contributed by atoms with Gasteiger partial charge in [-0.25, -0.2) is 4.79 Å². The Morgan fingerprint density at radius 3 is 2.47 bits per heavy atom. The van der Waals surface area contributed by atoms with Crippen LogP contribution in [0.25, 0.3) is 0 Å². The predicted octanol–water partition coefficient (Wildman–Crippen LogP) is 4.57. The van der Waals surface area contributed by atoms with Crippen LogP contribution in [0, 0.1) is 0 Å². The Morgan fingerprint density at radius 1 is 1.11 bits per heavy atom. The van der Waals surface area contributed by atoms with Crippen LogP contribution in [-0.2, 0) is 9.53 Å². The van der Waals surface area contributed by atoms with Gasteiger partial charge in [-0.3, -0.25) is 0 Å². The zero-order chi connectivity index (χ0) is 13.7. The van der Waals surface area contributed by atoms with Gasteiger partial charge in [0.2, 0.25) is 0 Å². The summed E-state index contributed by atoms with van der Waals surface area (Å²) in [5.41, 5.74) is 3.18. The highest BCUT2D eigenvalue weighted by atomic mass is 16.5. The van der Waals surface area contributed by atoms with Crippen LogP contribution >= 0.6 is 0 Å². The molecule has 1 aliphatic rings. The van der Waals surface area contributed by atoms with E-state index < -0.39 is 0 Å². The number of unbranched alkanes of at least 4 members (excludes halogenated alkanes) is 2. The average molecular weight is 258 g/mol. The molecule has 2 rings (SSSR count). The fourth-order valence-electron chi connectivity index (χ4n) is 2.65. The Hall–Kier alpha value is -1.57. The van der Waals surface area contributed by atoms with Crippen LogP contribution in [0.4, 0.5) is 0 Å². The SMILES string of the molecule is CCCCCC1=C(CC)[C@@H](c2ccccc2)OC1=O. The third kappa shape index (κ3) is 3.06. The highest BCUT2D eigenvalue weighted by Gasteiger charge is 2.33. The van der Waals surface area contributed by atoms with Crippen LogP contribution in [-0.4, -0.2) is 5.97 Å². The first-order valence-electron chi connectivity index (χ1n) is 7.25. The molecule has 0 radical (unpaired) electrons. The van der Waals surface area contributed by atoms with Crippen molar-refractivity contribution in [2.24, 2.45) is 0 Å². The normalized spacial score (nSPS) is 18.8. The Bertz CT molecular complexity index is 459. The van der Waals surface area contributed by atoms with Crippen LogP contribution in [0.1, 0.15) is 57.6 Å². The van der Waals surface area contributed by atoms with Crippen molar-refractivity contribution in [2.75, 3.05) is 0 Å². The number of esters is 1. The topological polar surface area (TPSA) is 26.3 Å². The predicted molar refractivity (Wildman–Crippen MR) is 76.7 cm³/mol. The number of hydrogen-bond acceptors (Lipinski definition) is 2. The van der Waals surface area contributed by atoms with Gasteiger partial charge in [0.15, 0.2) is 0 Å². The lowest BCUT2D eigenvalue weighted by molar-refractivity contribution is -0.140. The van der Waals surface area contributed by atoms with Crippen molar-refractivity contribution in [2.45, 2.75) is 52.1 Å². The molecule has 1 aromatic rings. The molecule has 0 fully saturated rings. The monoisotopic (exact) mass is 258 g/mol. The third-order valence-corrected chi connectivity index (χ3v) is 3.69. The smallest absolute Gasteiger partial charge is 0.335 e. The van der Waals surface area contributed by atoms with Crippen molar-refractivity contribution >= 4 is 5.97 Å². The molecule has 1 aromatic carbocycles. The molecular weight excluding hydrogens is 236 g/mol. The van der Waals surface area contributed by atoms with Crippen LogP contribution < -0.4 is 0 Å². The highest BCUT2D eigenvalue weighted by molar-refractivity contribution is 5.92. The van der Waals surface area contributed by atoms with E-state index in [9.17, 15) is 4.79 Å². The Kier molecular flexibility index (Phi) is 4.78. The van der Waals surface area contributed by atoms with Crippen molar-refractivity contribution in [1.82, 2.24) is 0 Å². The minimum atomic E-state index is -0.157. The molecular formula is C17H22O2. The molecule has 1 heterocycles. The molecule has 1 aliphatic heterocycles. The molecule has 1 atom stereocenters. The summed E-state index contributed by atoms with van der Waals surface area (Å²) in [4.78, 5) is 12.0. The van der Waals surface area contributed by atoms with Gasteiger partial charge in [0.25, 0.3) is 0 Å². The minimum Gasteiger partial charge on any atom is -0.450 e. The molecule has 0 saturated carbocycles. The van der Waals surface area contributed by atoms with Gasteiger partial charge in [0.05, 0.1) is 0 Å². The molecule has 0 spiro atoms. The van der Waals surface area contributed by atoms with Crippen molar-refractivity contribution < 1.29 is 9.53 Å². The van der Waals surface area contributed by atoms with Gasteiger partial charge in [-0.05, 0) is 30.4 Å². The van der Waals surface area contributed by atoms with Crippen molar-refractivity contribution in [3.05, 3.63) is 47.0 Å². The van der Waals surface area contributed by atoms with E-state index in [1.807, 2.05) is 30.3 Å². The Balaban J connectivity index is 2.21. The van der Waals surface area contributed by atoms with E-state index in [4.69, 9.17) is 4.74 Å². The summed E-state index contributed by atoms with van der Waals surface area (Å²) < 4.78 is 5.58. The number of cyclic esters (lactones) is 1. The molecule has 0 aliphatic carbocycles. The van der Waals surface area contributed by atoms with Crippen LogP contribution in [0.2, 0.25) is 0 Å². The van der Waals surface area contributed by atoms with Crippen LogP contribution in [0.3, 0.4) is 0 Å².